The van der Waals surface area contributed by atoms with E-state index in [0.29, 0.717) is 6.42 Å². The van der Waals surface area contributed by atoms with E-state index in [1.54, 1.807) is 24.3 Å². The van der Waals surface area contributed by atoms with Gasteiger partial charge in [0.05, 0.1) is 11.0 Å². The van der Waals surface area contributed by atoms with Gasteiger partial charge in [-0.15, -0.1) is 0 Å². The van der Waals surface area contributed by atoms with E-state index < -0.39 is 10.1 Å². The lowest BCUT2D eigenvalue weighted by molar-refractivity contribution is 0.198. The monoisotopic (exact) mass is 252 g/mol. The van der Waals surface area contributed by atoms with Crippen LogP contribution < -0.4 is 0 Å². The van der Waals surface area contributed by atoms with Crippen LogP contribution in [0, 0.1) is 6.92 Å². The quantitative estimate of drug-likeness (QED) is 0.613. The summed E-state index contributed by atoms with van der Waals surface area (Å²) in [6, 6.07) is 6.72. The van der Waals surface area contributed by atoms with E-state index in [4.69, 9.17) is 4.18 Å². The molecule has 1 aliphatic carbocycles. The third-order valence-corrected chi connectivity index (χ3v) is 4.17. The van der Waals surface area contributed by atoms with Crippen molar-refractivity contribution in [3.63, 3.8) is 0 Å². The molecule has 0 bridgehead atoms. The summed E-state index contributed by atoms with van der Waals surface area (Å²) in [5.74, 6) is 0. The largest absolute Gasteiger partial charge is 0.297 e. The molecule has 1 aromatic rings. The normalized spacial score (nSPS) is 20.4. The van der Waals surface area contributed by atoms with Gasteiger partial charge in [-0.1, -0.05) is 29.8 Å². The molecule has 0 aromatic heterocycles. The van der Waals surface area contributed by atoms with Gasteiger partial charge in [0, 0.05) is 0 Å². The van der Waals surface area contributed by atoms with E-state index in [9.17, 15) is 8.42 Å². The molecular weight excluding hydrogens is 236 g/mol. The maximum Gasteiger partial charge on any atom is 0.297 e. The third-order valence-electron chi connectivity index (χ3n) is 2.79. The van der Waals surface area contributed by atoms with Gasteiger partial charge in [-0.25, -0.2) is 0 Å². The van der Waals surface area contributed by atoms with Crippen LogP contribution in [0.15, 0.2) is 41.3 Å². The molecule has 0 N–H and O–H groups in total. The first-order chi connectivity index (χ1) is 8.08. The topological polar surface area (TPSA) is 43.4 Å². The zero-order valence-electron chi connectivity index (χ0n) is 9.80. The maximum atomic E-state index is 12.0. The lowest BCUT2D eigenvalue weighted by atomic mass is 10.1. The van der Waals surface area contributed by atoms with Gasteiger partial charge in [-0.05, 0) is 38.3 Å². The van der Waals surface area contributed by atoms with Crippen molar-refractivity contribution in [3.8, 4) is 0 Å². The minimum atomic E-state index is -3.61. The number of aryl methyl sites for hydroxylation is 1. The van der Waals surface area contributed by atoms with E-state index in [2.05, 4.69) is 6.08 Å². The van der Waals surface area contributed by atoms with Crippen molar-refractivity contribution in [1.82, 2.24) is 0 Å². The summed E-state index contributed by atoms with van der Waals surface area (Å²) in [5.41, 5.74) is 1.03. The van der Waals surface area contributed by atoms with Gasteiger partial charge >= 0.3 is 0 Å². The number of hydrogen-bond donors (Lipinski definition) is 0. The molecule has 0 saturated heterocycles. The third kappa shape index (κ3) is 3.17. The lowest BCUT2D eigenvalue weighted by Gasteiger charge is -2.18. The van der Waals surface area contributed by atoms with Gasteiger partial charge in [0.2, 0.25) is 0 Å². The first kappa shape index (κ1) is 12.3. The van der Waals surface area contributed by atoms with Crippen molar-refractivity contribution < 1.29 is 12.6 Å². The Labute approximate surface area is 102 Å². The summed E-state index contributed by atoms with van der Waals surface area (Å²) in [7, 11) is -3.61. The minimum absolute atomic E-state index is 0.216. The van der Waals surface area contributed by atoms with Crippen molar-refractivity contribution in [2.45, 2.75) is 37.2 Å². The molecular formula is C13H16O3S. The van der Waals surface area contributed by atoms with Gasteiger partial charge in [-0.2, -0.15) is 8.42 Å². The number of benzene rings is 1. The molecule has 0 unspecified atom stereocenters. The van der Waals surface area contributed by atoms with Crippen molar-refractivity contribution in [2.75, 3.05) is 0 Å². The molecule has 0 spiro atoms. The van der Waals surface area contributed by atoms with Crippen molar-refractivity contribution in [1.29, 1.82) is 0 Å². The Morgan fingerprint density at radius 1 is 1.18 bits per heavy atom. The van der Waals surface area contributed by atoms with E-state index >= 15 is 0 Å². The molecule has 17 heavy (non-hydrogen) atoms. The zero-order chi connectivity index (χ0) is 12.3. The number of rotatable bonds is 3. The van der Waals surface area contributed by atoms with Crippen molar-refractivity contribution in [3.05, 3.63) is 42.0 Å². The van der Waals surface area contributed by atoms with Gasteiger partial charge in [0.1, 0.15) is 0 Å². The second-order valence-electron chi connectivity index (χ2n) is 4.27. The van der Waals surface area contributed by atoms with Crippen molar-refractivity contribution >= 4 is 10.1 Å². The first-order valence-corrected chi connectivity index (χ1v) is 7.14. The van der Waals surface area contributed by atoms with Crippen LogP contribution in [0.25, 0.3) is 0 Å². The predicted octanol–water partition coefficient (Wildman–Crippen LogP) is 2.81. The Bertz CT molecular complexity index is 500. The average molecular weight is 252 g/mol. The van der Waals surface area contributed by atoms with E-state index in [1.165, 1.54) is 0 Å². The smallest absolute Gasteiger partial charge is 0.263 e. The highest BCUT2D eigenvalue weighted by Gasteiger charge is 2.21. The Hall–Kier alpha value is -1.13. The van der Waals surface area contributed by atoms with Crippen LogP contribution in [0.5, 0.6) is 0 Å². The Morgan fingerprint density at radius 2 is 1.88 bits per heavy atom. The van der Waals surface area contributed by atoms with Crippen LogP contribution in [-0.4, -0.2) is 14.5 Å². The standard InChI is InChI=1S/C13H16O3S/c1-11-7-9-13(10-8-11)17(14,15)16-12-5-3-2-4-6-12/h2-3,7-10,12H,4-6H2,1H3/t12-/m0/s1. The second kappa shape index (κ2) is 5.02. The molecule has 1 atom stereocenters. The SMILES string of the molecule is Cc1ccc(S(=O)(=O)O[C@H]2CC=CCC2)cc1. The fourth-order valence-electron chi connectivity index (χ4n) is 1.79. The zero-order valence-corrected chi connectivity index (χ0v) is 10.6. The molecule has 4 heteroatoms. The fourth-order valence-corrected chi connectivity index (χ4v) is 2.91. The Kier molecular flexibility index (Phi) is 3.64. The highest BCUT2D eigenvalue weighted by Crippen LogP contribution is 2.21. The first-order valence-electron chi connectivity index (χ1n) is 5.73. The summed E-state index contributed by atoms with van der Waals surface area (Å²) in [6.45, 7) is 1.92. The van der Waals surface area contributed by atoms with Gasteiger partial charge in [0.25, 0.3) is 10.1 Å². The molecule has 0 saturated carbocycles. The summed E-state index contributed by atoms with van der Waals surface area (Å²) in [4.78, 5) is 0.234. The molecule has 2 rings (SSSR count). The summed E-state index contributed by atoms with van der Waals surface area (Å²) in [5, 5.41) is 0. The molecule has 0 aliphatic heterocycles. The Morgan fingerprint density at radius 3 is 2.47 bits per heavy atom. The van der Waals surface area contributed by atoms with Crippen LogP contribution in [0.2, 0.25) is 0 Å². The highest BCUT2D eigenvalue weighted by atomic mass is 32.2. The molecule has 0 amide bonds. The van der Waals surface area contributed by atoms with E-state index in [0.717, 1.165) is 18.4 Å². The highest BCUT2D eigenvalue weighted by molar-refractivity contribution is 7.86. The fraction of sp³-hybridized carbons (Fsp3) is 0.385. The maximum absolute atomic E-state index is 12.0. The molecule has 3 nitrogen and oxygen atoms in total. The number of allylic oxidation sites excluding steroid dienone is 1. The van der Waals surface area contributed by atoms with Gasteiger partial charge in [0.15, 0.2) is 0 Å². The van der Waals surface area contributed by atoms with Crippen LogP contribution in [-0.2, 0) is 14.3 Å². The Balaban J connectivity index is 2.13. The predicted molar refractivity (Wildman–Crippen MR) is 66.2 cm³/mol. The van der Waals surface area contributed by atoms with Crippen LogP contribution in [0.1, 0.15) is 24.8 Å². The molecule has 0 heterocycles. The van der Waals surface area contributed by atoms with Crippen LogP contribution >= 0.6 is 0 Å². The summed E-state index contributed by atoms with van der Waals surface area (Å²) in [6.07, 6.45) is 6.13. The van der Waals surface area contributed by atoms with E-state index in [-0.39, 0.29) is 11.0 Å². The molecule has 92 valence electrons. The van der Waals surface area contributed by atoms with Crippen LogP contribution in [0.3, 0.4) is 0 Å². The van der Waals surface area contributed by atoms with Crippen LogP contribution in [0.4, 0.5) is 0 Å². The average Bonchev–Trinajstić information content (AvgIpc) is 2.30. The number of hydrogen-bond acceptors (Lipinski definition) is 3. The molecule has 0 radical (unpaired) electrons. The second-order valence-corrected chi connectivity index (χ2v) is 5.84. The minimum Gasteiger partial charge on any atom is -0.263 e. The summed E-state index contributed by atoms with van der Waals surface area (Å²) >= 11 is 0. The molecule has 0 fully saturated rings. The van der Waals surface area contributed by atoms with Gasteiger partial charge < -0.3 is 0 Å². The molecule has 1 aromatic carbocycles. The lowest BCUT2D eigenvalue weighted by Crippen LogP contribution is -2.19. The summed E-state index contributed by atoms with van der Waals surface area (Å²) < 4.78 is 29.2. The molecule has 1 aliphatic rings. The van der Waals surface area contributed by atoms with Gasteiger partial charge in [-0.3, -0.25) is 4.18 Å². The van der Waals surface area contributed by atoms with E-state index in [1.807, 2.05) is 13.0 Å². The van der Waals surface area contributed by atoms with Crippen molar-refractivity contribution in [2.24, 2.45) is 0 Å².